The number of carboxylic acid groups (broad SMARTS) is 1. The lowest BCUT2D eigenvalue weighted by atomic mass is 10.2. The van der Waals surface area contributed by atoms with E-state index in [1.807, 2.05) is 24.3 Å². The minimum atomic E-state index is -1.06. The first-order valence-electron chi connectivity index (χ1n) is 4.53. The Morgan fingerprint density at radius 1 is 1.44 bits per heavy atom. The lowest BCUT2D eigenvalue weighted by Crippen LogP contribution is -2.06. The summed E-state index contributed by atoms with van der Waals surface area (Å²) in [5, 5.41) is 16.4. The van der Waals surface area contributed by atoms with E-state index >= 15 is 0 Å². The van der Waals surface area contributed by atoms with E-state index in [1.165, 1.54) is 11.0 Å². The van der Waals surface area contributed by atoms with E-state index in [1.54, 1.807) is 0 Å². The molecule has 0 amide bonds. The fraction of sp³-hybridized carbons (Fsp3) is 0.100. The molecule has 0 radical (unpaired) electrons. The molecule has 0 aliphatic carbocycles. The van der Waals surface area contributed by atoms with Gasteiger partial charge < -0.3 is 5.11 Å². The van der Waals surface area contributed by atoms with E-state index in [0.717, 1.165) is 9.13 Å². The molecule has 0 aliphatic heterocycles. The molecule has 1 N–H and O–H groups in total. The van der Waals surface area contributed by atoms with Crippen LogP contribution in [0.1, 0.15) is 16.1 Å². The quantitative estimate of drug-likeness (QED) is 0.869. The number of carboxylic acids is 1. The van der Waals surface area contributed by atoms with Gasteiger partial charge in [0.1, 0.15) is 0 Å². The summed E-state index contributed by atoms with van der Waals surface area (Å²) in [6.07, 6.45) is 1.25. The Bertz CT molecular complexity index is 524. The van der Waals surface area contributed by atoms with Gasteiger partial charge in [-0.2, -0.15) is 9.90 Å². The van der Waals surface area contributed by atoms with Crippen molar-refractivity contribution in [3.63, 3.8) is 0 Å². The van der Waals surface area contributed by atoms with Crippen LogP contribution in [0.15, 0.2) is 30.5 Å². The zero-order chi connectivity index (χ0) is 11.5. The fourth-order valence-corrected chi connectivity index (χ4v) is 1.81. The number of carbonyl (C=O) groups is 1. The third-order valence-corrected chi connectivity index (χ3v) is 3.08. The maximum Gasteiger partial charge on any atom is 0.358 e. The monoisotopic (exact) mass is 329 g/mol. The van der Waals surface area contributed by atoms with Gasteiger partial charge in [0, 0.05) is 3.57 Å². The summed E-state index contributed by atoms with van der Waals surface area (Å²) in [5.41, 5.74) is 1.03. The van der Waals surface area contributed by atoms with Crippen LogP contribution in [0, 0.1) is 3.57 Å². The number of hydrogen-bond acceptors (Lipinski definition) is 3. The molecule has 0 unspecified atom stereocenters. The molecule has 0 fully saturated rings. The summed E-state index contributed by atoms with van der Waals surface area (Å²) in [7, 11) is 0. The Morgan fingerprint density at radius 3 is 2.81 bits per heavy atom. The summed E-state index contributed by atoms with van der Waals surface area (Å²) in [4.78, 5) is 12.0. The lowest BCUT2D eigenvalue weighted by molar-refractivity contribution is 0.0689. The van der Waals surface area contributed by atoms with Gasteiger partial charge >= 0.3 is 5.97 Å². The third kappa shape index (κ3) is 2.38. The molecule has 16 heavy (non-hydrogen) atoms. The van der Waals surface area contributed by atoms with Crippen molar-refractivity contribution in [2.24, 2.45) is 0 Å². The number of rotatable bonds is 3. The molecule has 1 heterocycles. The Hall–Kier alpha value is -1.44. The molecule has 0 bridgehead atoms. The van der Waals surface area contributed by atoms with Crippen molar-refractivity contribution in [3.8, 4) is 0 Å². The van der Waals surface area contributed by atoms with Gasteiger partial charge in [0.2, 0.25) is 0 Å². The van der Waals surface area contributed by atoms with Crippen LogP contribution in [0.25, 0.3) is 0 Å². The summed E-state index contributed by atoms with van der Waals surface area (Å²) in [6.45, 7) is 0.479. The maximum atomic E-state index is 10.6. The second-order valence-corrected chi connectivity index (χ2v) is 4.32. The first-order chi connectivity index (χ1) is 7.66. The number of aromatic nitrogens is 3. The highest BCUT2D eigenvalue weighted by Gasteiger charge is 2.08. The average Bonchev–Trinajstić information content (AvgIpc) is 2.70. The van der Waals surface area contributed by atoms with Crippen LogP contribution in [0.5, 0.6) is 0 Å². The Kier molecular flexibility index (Phi) is 3.18. The van der Waals surface area contributed by atoms with Crippen LogP contribution in [0.2, 0.25) is 0 Å². The molecular formula is C10H8IN3O2. The van der Waals surface area contributed by atoms with Gasteiger partial charge in [0.05, 0.1) is 12.7 Å². The summed E-state index contributed by atoms with van der Waals surface area (Å²) >= 11 is 2.22. The molecule has 5 nitrogen and oxygen atoms in total. The van der Waals surface area contributed by atoms with Crippen molar-refractivity contribution in [1.29, 1.82) is 0 Å². The van der Waals surface area contributed by atoms with Crippen LogP contribution >= 0.6 is 22.6 Å². The standard InChI is InChI=1S/C10H8IN3O2/c11-8-4-2-1-3-7(8)6-14-12-5-9(13-14)10(15)16/h1-5H,6H2,(H,15,16). The Morgan fingerprint density at radius 2 is 2.19 bits per heavy atom. The molecule has 6 heteroatoms. The molecule has 0 atom stereocenters. The molecule has 82 valence electrons. The van der Waals surface area contributed by atoms with Gasteiger partial charge in [-0.05, 0) is 34.2 Å². The normalized spacial score (nSPS) is 10.3. The van der Waals surface area contributed by atoms with E-state index in [-0.39, 0.29) is 5.69 Å². The fourth-order valence-electron chi connectivity index (χ4n) is 1.25. The van der Waals surface area contributed by atoms with Gasteiger partial charge in [0.15, 0.2) is 5.69 Å². The van der Waals surface area contributed by atoms with Crippen molar-refractivity contribution in [2.45, 2.75) is 6.54 Å². The Labute approximate surface area is 105 Å². The number of benzene rings is 1. The van der Waals surface area contributed by atoms with E-state index < -0.39 is 5.97 Å². The highest BCUT2D eigenvalue weighted by Crippen LogP contribution is 2.12. The summed E-state index contributed by atoms with van der Waals surface area (Å²) < 4.78 is 1.11. The van der Waals surface area contributed by atoms with Crippen molar-refractivity contribution < 1.29 is 9.90 Å². The predicted octanol–water partition coefficient (Wildman–Crippen LogP) is 1.63. The largest absolute Gasteiger partial charge is 0.476 e. The van der Waals surface area contributed by atoms with E-state index in [9.17, 15) is 4.79 Å². The molecule has 1 aromatic carbocycles. The average molecular weight is 329 g/mol. The van der Waals surface area contributed by atoms with E-state index in [0.29, 0.717) is 6.54 Å². The minimum Gasteiger partial charge on any atom is -0.476 e. The zero-order valence-electron chi connectivity index (χ0n) is 8.17. The third-order valence-electron chi connectivity index (χ3n) is 2.03. The number of halogens is 1. The molecule has 1 aromatic heterocycles. The van der Waals surface area contributed by atoms with Gasteiger partial charge in [-0.3, -0.25) is 0 Å². The molecule has 2 aromatic rings. The number of hydrogen-bond donors (Lipinski definition) is 1. The van der Waals surface area contributed by atoms with Crippen LogP contribution in [-0.2, 0) is 6.54 Å². The second-order valence-electron chi connectivity index (χ2n) is 3.16. The first-order valence-corrected chi connectivity index (χ1v) is 5.61. The highest BCUT2D eigenvalue weighted by molar-refractivity contribution is 14.1. The SMILES string of the molecule is O=C(O)c1cnn(Cc2ccccc2I)n1. The molecule has 2 rings (SSSR count). The summed E-state index contributed by atoms with van der Waals surface area (Å²) in [6, 6.07) is 7.83. The van der Waals surface area contributed by atoms with Crippen LogP contribution in [-0.4, -0.2) is 26.1 Å². The number of nitrogens with zero attached hydrogens (tertiary/aromatic N) is 3. The van der Waals surface area contributed by atoms with Crippen molar-refractivity contribution in [3.05, 3.63) is 45.3 Å². The topological polar surface area (TPSA) is 68.0 Å². The highest BCUT2D eigenvalue weighted by atomic mass is 127. The first kappa shape index (κ1) is 11.1. The molecule has 0 aliphatic rings. The Balaban J connectivity index is 2.21. The van der Waals surface area contributed by atoms with Gasteiger partial charge in [-0.1, -0.05) is 18.2 Å². The second kappa shape index (κ2) is 4.60. The van der Waals surface area contributed by atoms with Crippen LogP contribution < -0.4 is 0 Å². The van der Waals surface area contributed by atoms with Crippen molar-refractivity contribution in [1.82, 2.24) is 15.0 Å². The predicted molar refractivity (Wildman–Crippen MR) is 65.2 cm³/mol. The molecule has 0 spiro atoms. The van der Waals surface area contributed by atoms with Crippen molar-refractivity contribution >= 4 is 28.6 Å². The zero-order valence-corrected chi connectivity index (χ0v) is 10.3. The van der Waals surface area contributed by atoms with Gasteiger partial charge in [0.25, 0.3) is 0 Å². The number of aromatic carboxylic acids is 1. The van der Waals surface area contributed by atoms with Gasteiger partial charge in [-0.15, -0.1) is 5.10 Å². The molecule has 0 saturated heterocycles. The smallest absolute Gasteiger partial charge is 0.358 e. The van der Waals surface area contributed by atoms with E-state index in [4.69, 9.17) is 5.11 Å². The van der Waals surface area contributed by atoms with Crippen LogP contribution in [0.4, 0.5) is 0 Å². The maximum absolute atomic E-state index is 10.6. The molecule has 0 saturated carbocycles. The lowest BCUT2D eigenvalue weighted by Gasteiger charge is -2.02. The van der Waals surface area contributed by atoms with Crippen molar-refractivity contribution in [2.75, 3.05) is 0 Å². The van der Waals surface area contributed by atoms with Crippen LogP contribution in [0.3, 0.4) is 0 Å². The minimum absolute atomic E-state index is 0.0362. The molecular weight excluding hydrogens is 321 g/mol. The summed E-state index contributed by atoms with van der Waals surface area (Å²) in [5.74, 6) is -1.06. The van der Waals surface area contributed by atoms with Gasteiger partial charge in [-0.25, -0.2) is 4.79 Å². The van der Waals surface area contributed by atoms with E-state index in [2.05, 4.69) is 32.8 Å².